The number of benzene rings is 1. The van der Waals surface area contributed by atoms with E-state index in [4.69, 9.17) is 4.42 Å². The lowest BCUT2D eigenvalue weighted by Crippen LogP contribution is -2.16. The highest BCUT2D eigenvalue weighted by molar-refractivity contribution is 9.10. The second kappa shape index (κ2) is 5.79. The van der Waals surface area contributed by atoms with Gasteiger partial charge in [-0.3, -0.25) is 4.79 Å². The Kier molecular flexibility index (Phi) is 4.31. The van der Waals surface area contributed by atoms with E-state index in [1.807, 2.05) is 37.2 Å². The molecule has 0 unspecified atom stereocenters. The number of furan rings is 1. The van der Waals surface area contributed by atoms with Gasteiger partial charge in [0.2, 0.25) is 0 Å². The third kappa shape index (κ3) is 3.19. The fourth-order valence-corrected chi connectivity index (χ4v) is 2.42. The molecule has 0 radical (unpaired) electrons. The second-order valence-electron chi connectivity index (χ2n) is 4.12. The van der Waals surface area contributed by atoms with Gasteiger partial charge in [0.1, 0.15) is 0 Å². The van der Waals surface area contributed by atoms with Crippen LogP contribution in [0.25, 0.3) is 0 Å². The number of amides is 1. The molecular weight excluding hydrogens is 376 g/mol. The SMILES string of the molecule is CN(C)c1ccc(Br)cc1NC(=O)c1ccoc1Br. The Balaban J connectivity index is 2.31. The molecule has 1 N–H and O–H groups in total. The number of rotatable bonds is 3. The third-order valence-corrected chi connectivity index (χ3v) is 3.66. The predicted molar refractivity (Wildman–Crippen MR) is 82.8 cm³/mol. The molecule has 1 aromatic heterocycles. The van der Waals surface area contributed by atoms with Crippen LogP contribution in [0.15, 0.2) is 44.1 Å². The lowest BCUT2D eigenvalue weighted by Gasteiger charge is -2.18. The molecule has 1 aromatic carbocycles. The Hall–Kier alpha value is -1.27. The summed E-state index contributed by atoms with van der Waals surface area (Å²) in [4.78, 5) is 14.1. The van der Waals surface area contributed by atoms with Crippen LogP contribution in [0, 0.1) is 0 Å². The van der Waals surface area contributed by atoms with Crippen LogP contribution in [0.1, 0.15) is 10.4 Å². The summed E-state index contributed by atoms with van der Waals surface area (Å²) in [5, 5.41) is 2.88. The van der Waals surface area contributed by atoms with Crippen molar-refractivity contribution in [1.82, 2.24) is 0 Å². The van der Waals surface area contributed by atoms with Crippen LogP contribution in [0.5, 0.6) is 0 Å². The van der Waals surface area contributed by atoms with Crippen molar-refractivity contribution in [3.8, 4) is 0 Å². The van der Waals surface area contributed by atoms with Gasteiger partial charge in [0.05, 0.1) is 23.2 Å². The molecule has 0 saturated carbocycles. The first-order valence-electron chi connectivity index (χ1n) is 5.50. The van der Waals surface area contributed by atoms with Gasteiger partial charge >= 0.3 is 0 Å². The summed E-state index contributed by atoms with van der Waals surface area (Å²) in [5.74, 6) is -0.221. The van der Waals surface area contributed by atoms with E-state index in [0.29, 0.717) is 10.2 Å². The fourth-order valence-electron chi connectivity index (χ4n) is 1.64. The van der Waals surface area contributed by atoms with E-state index >= 15 is 0 Å². The molecule has 0 saturated heterocycles. The minimum Gasteiger partial charge on any atom is -0.457 e. The Bertz CT molecular complexity index is 608. The number of carbonyl (C=O) groups is 1. The van der Waals surface area contributed by atoms with Crippen LogP contribution >= 0.6 is 31.9 Å². The second-order valence-corrected chi connectivity index (χ2v) is 5.75. The Morgan fingerprint density at radius 1 is 1.26 bits per heavy atom. The normalized spacial score (nSPS) is 10.3. The van der Waals surface area contributed by atoms with Crippen LogP contribution in [-0.4, -0.2) is 20.0 Å². The summed E-state index contributed by atoms with van der Waals surface area (Å²) in [6.45, 7) is 0. The molecule has 4 nitrogen and oxygen atoms in total. The van der Waals surface area contributed by atoms with Crippen molar-refractivity contribution in [3.05, 3.63) is 45.2 Å². The van der Waals surface area contributed by atoms with Crippen molar-refractivity contribution in [2.75, 3.05) is 24.3 Å². The first-order chi connectivity index (χ1) is 8.99. The average Bonchev–Trinajstić information content (AvgIpc) is 2.75. The maximum absolute atomic E-state index is 12.1. The lowest BCUT2D eigenvalue weighted by molar-refractivity contribution is 0.102. The molecule has 0 aliphatic carbocycles. The molecule has 0 aliphatic heterocycles. The average molecular weight is 388 g/mol. The van der Waals surface area contributed by atoms with Gasteiger partial charge in [0, 0.05) is 18.6 Å². The van der Waals surface area contributed by atoms with Crippen molar-refractivity contribution >= 4 is 49.1 Å². The number of nitrogens with one attached hydrogen (secondary N) is 1. The van der Waals surface area contributed by atoms with Gasteiger partial charge in [-0.25, -0.2) is 0 Å². The monoisotopic (exact) mass is 386 g/mol. The Morgan fingerprint density at radius 3 is 2.58 bits per heavy atom. The topological polar surface area (TPSA) is 45.5 Å². The number of carbonyl (C=O) groups excluding carboxylic acids is 1. The molecule has 2 aromatic rings. The number of anilines is 2. The Labute approximate surface area is 128 Å². The molecular formula is C13H12Br2N2O2. The van der Waals surface area contributed by atoms with Crippen molar-refractivity contribution in [2.24, 2.45) is 0 Å². The van der Waals surface area contributed by atoms with Crippen molar-refractivity contribution < 1.29 is 9.21 Å². The predicted octanol–water partition coefficient (Wildman–Crippen LogP) is 4.12. The third-order valence-electron chi connectivity index (χ3n) is 2.55. The maximum atomic E-state index is 12.1. The summed E-state index contributed by atoms with van der Waals surface area (Å²) in [7, 11) is 3.85. The van der Waals surface area contributed by atoms with Crippen LogP contribution in [0.4, 0.5) is 11.4 Å². The minimum atomic E-state index is -0.221. The van der Waals surface area contributed by atoms with Crippen molar-refractivity contribution in [1.29, 1.82) is 0 Å². The number of halogens is 2. The summed E-state index contributed by atoms with van der Waals surface area (Å²) in [6, 6.07) is 7.34. The van der Waals surface area contributed by atoms with Crippen LogP contribution < -0.4 is 10.2 Å². The van der Waals surface area contributed by atoms with E-state index in [-0.39, 0.29) is 5.91 Å². The van der Waals surface area contributed by atoms with Gasteiger partial charge in [-0.15, -0.1) is 0 Å². The molecule has 19 heavy (non-hydrogen) atoms. The first kappa shape index (κ1) is 14.1. The van der Waals surface area contributed by atoms with Crippen LogP contribution in [-0.2, 0) is 0 Å². The largest absolute Gasteiger partial charge is 0.457 e. The highest BCUT2D eigenvalue weighted by Crippen LogP contribution is 2.29. The molecule has 100 valence electrons. The van der Waals surface area contributed by atoms with E-state index in [1.165, 1.54) is 6.26 Å². The zero-order valence-corrected chi connectivity index (χ0v) is 13.6. The zero-order chi connectivity index (χ0) is 14.0. The maximum Gasteiger partial charge on any atom is 0.260 e. The van der Waals surface area contributed by atoms with E-state index in [0.717, 1.165) is 15.8 Å². The van der Waals surface area contributed by atoms with Gasteiger partial charge in [-0.1, -0.05) is 15.9 Å². The Morgan fingerprint density at radius 2 is 2.00 bits per heavy atom. The highest BCUT2D eigenvalue weighted by atomic mass is 79.9. The first-order valence-corrected chi connectivity index (χ1v) is 7.09. The van der Waals surface area contributed by atoms with Gasteiger partial charge in [-0.05, 0) is 40.2 Å². The molecule has 1 heterocycles. The minimum absolute atomic E-state index is 0.221. The fraction of sp³-hybridized carbons (Fsp3) is 0.154. The summed E-state index contributed by atoms with van der Waals surface area (Å²) in [6.07, 6.45) is 1.47. The van der Waals surface area contributed by atoms with Crippen LogP contribution in [0.3, 0.4) is 0 Å². The van der Waals surface area contributed by atoms with Gasteiger partial charge in [-0.2, -0.15) is 0 Å². The van der Waals surface area contributed by atoms with E-state index in [1.54, 1.807) is 6.07 Å². The molecule has 0 spiro atoms. The molecule has 1 amide bonds. The summed E-state index contributed by atoms with van der Waals surface area (Å²) >= 11 is 6.60. The molecule has 0 aliphatic rings. The van der Waals surface area contributed by atoms with Gasteiger partial charge in [0.15, 0.2) is 4.67 Å². The zero-order valence-electron chi connectivity index (χ0n) is 10.4. The van der Waals surface area contributed by atoms with E-state index in [2.05, 4.69) is 37.2 Å². The number of hydrogen-bond donors (Lipinski definition) is 1. The van der Waals surface area contributed by atoms with E-state index in [9.17, 15) is 4.79 Å². The van der Waals surface area contributed by atoms with Crippen molar-refractivity contribution in [2.45, 2.75) is 0 Å². The molecule has 0 bridgehead atoms. The molecule has 0 atom stereocenters. The molecule has 2 rings (SSSR count). The van der Waals surface area contributed by atoms with E-state index < -0.39 is 0 Å². The molecule has 0 fully saturated rings. The quantitative estimate of drug-likeness (QED) is 0.861. The number of nitrogens with zero attached hydrogens (tertiary/aromatic N) is 1. The summed E-state index contributed by atoms with van der Waals surface area (Å²) in [5.41, 5.74) is 2.12. The summed E-state index contributed by atoms with van der Waals surface area (Å²) < 4.78 is 6.39. The van der Waals surface area contributed by atoms with Gasteiger partial charge in [0.25, 0.3) is 5.91 Å². The highest BCUT2D eigenvalue weighted by Gasteiger charge is 2.15. The smallest absolute Gasteiger partial charge is 0.260 e. The van der Waals surface area contributed by atoms with Crippen LogP contribution in [0.2, 0.25) is 0 Å². The standard InChI is InChI=1S/C13H12Br2N2O2/c1-17(2)11-4-3-8(14)7-10(11)16-13(18)9-5-6-19-12(9)15/h3-7H,1-2H3,(H,16,18). The lowest BCUT2D eigenvalue weighted by atomic mass is 10.2. The van der Waals surface area contributed by atoms with Crippen molar-refractivity contribution in [3.63, 3.8) is 0 Å². The van der Waals surface area contributed by atoms with Gasteiger partial charge < -0.3 is 14.6 Å². The number of hydrogen-bond acceptors (Lipinski definition) is 3. The molecule has 6 heteroatoms.